The van der Waals surface area contributed by atoms with Crippen molar-refractivity contribution in [2.75, 3.05) is 30.9 Å². The number of anilines is 2. The first-order chi connectivity index (χ1) is 10.0. The Hall–Kier alpha value is -1.23. The molecule has 0 saturated heterocycles. The van der Waals surface area contributed by atoms with E-state index in [0.29, 0.717) is 11.6 Å². The van der Waals surface area contributed by atoms with Crippen LogP contribution in [0.3, 0.4) is 0 Å². The zero-order valence-corrected chi connectivity index (χ0v) is 14.4. The van der Waals surface area contributed by atoms with E-state index in [2.05, 4.69) is 50.4 Å². The van der Waals surface area contributed by atoms with Gasteiger partial charge in [-0.3, -0.25) is 0 Å². The van der Waals surface area contributed by atoms with Crippen molar-refractivity contribution in [2.45, 2.75) is 6.04 Å². The molecule has 0 amide bonds. The quantitative estimate of drug-likeness (QED) is 0.827. The Kier molecular flexibility index (Phi) is 5.51. The molecule has 0 aliphatic carbocycles. The third kappa shape index (κ3) is 4.13. The predicted molar refractivity (Wildman–Crippen MR) is 95.3 cm³/mol. The number of benzene rings is 2. The highest BCUT2D eigenvalue weighted by Crippen LogP contribution is 2.28. The van der Waals surface area contributed by atoms with Crippen LogP contribution in [-0.2, 0) is 0 Å². The number of hydrogen-bond donors (Lipinski definition) is 2. The summed E-state index contributed by atoms with van der Waals surface area (Å²) in [5.74, 6) is 0. The summed E-state index contributed by atoms with van der Waals surface area (Å²) in [5, 5.41) is 4.10. The van der Waals surface area contributed by atoms with Crippen LogP contribution in [0.1, 0.15) is 11.6 Å². The molecule has 21 heavy (non-hydrogen) atoms. The molecule has 3 N–H and O–H groups in total. The van der Waals surface area contributed by atoms with Gasteiger partial charge in [-0.15, -0.1) is 0 Å². The molecule has 1 atom stereocenters. The molecule has 0 spiro atoms. The van der Waals surface area contributed by atoms with Crippen LogP contribution < -0.4 is 16.0 Å². The average Bonchev–Trinajstić information content (AvgIpc) is 2.48. The third-order valence-electron chi connectivity index (χ3n) is 3.31. The van der Waals surface area contributed by atoms with E-state index < -0.39 is 0 Å². The fourth-order valence-corrected chi connectivity index (χ4v) is 2.50. The van der Waals surface area contributed by atoms with Crippen LogP contribution in [0.4, 0.5) is 11.4 Å². The van der Waals surface area contributed by atoms with Crippen molar-refractivity contribution < 1.29 is 0 Å². The maximum Gasteiger partial charge on any atom is 0.0636 e. The van der Waals surface area contributed by atoms with Crippen molar-refractivity contribution in [3.8, 4) is 0 Å². The molecule has 0 saturated carbocycles. The highest BCUT2D eigenvalue weighted by molar-refractivity contribution is 9.10. The molecule has 0 aromatic heterocycles. The second-order valence-corrected chi connectivity index (χ2v) is 6.31. The molecule has 0 bridgehead atoms. The topological polar surface area (TPSA) is 41.3 Å². The van der Waals surface area contributed by atoms with Gasteiger partial charge in [-0.25, -0.2) is 0 Å². The fraction of sp³-hybridized carbons (Fsp3) is 0.250. The fourth-order valence-electron chi connectivity index (χ4n) is 2.07. The molecule has 3 nitrogen and oxygen atoms in total. The van der Waals surface area contributed by atoms with Crippen LogP contribution in [0.5, 0.6) is 0 Å². The number of nitrogens with zero attached hydrogens (tertiary/aromatic N) is 1. The summed E-state index contributed by atoms with van der Waals surface area (Å²) >= 11 is 9.51. The van der Waals surface area contributed by atoms with E-state index in [1.165, 1.54) is 5.69 Å². The van der Waals surface area contributed by atoms with Gasteiger partial charge in [0.2, 0.25) is 0 Å². The van der Waals surface area contributed by atoms with E-state index in [4.69, 9.17) is 17.3 Å². The minimum Gasteiger partial charge on any atom is -0.378 e. The van der Waals surface area contributed by atoms with Gasteiger partial charge in [-0.1, -0.05) is 23.7 Å². The first-order valence-electron chi connectivity index (χ1n) is 6.70. The Morgan fingerprint density at radius 2 is 1.86 bits per heavy atom. The lowest BCUT2D eigenvalue weighted by Gasteiger charge is -2.20. The minimum absolute atomic E-state index is 0.0541. The molecule has 0 aliphatic heterocycles. The van der Waals surface area contributed by atoms with Gasteiger partial charge >= 0.3 is 0 Å². The van der Waals surface area contributed by atoms with Crippen molar-refractivity contribution in [1.82, 2.24) is 0 Å². The van der Waals surface area contributed by atoms with E-state index in [0.717, 1.165) is 15.7 Å². The SMILES string of the molecule is CN(C)c1ccc(C(CN)Nc2ccc(Br)c(Cl)c2)cc1. The van der Waals surface area contributed by atoms with Crippen molar-refractivity contribution in [1.29, 1.82) is 0 Å². The summed E-state index contributed by atoms with van der Waals surface area (Å²) in [6.45, 7) is 0.509. The first-order valence-corrected chi connectivity index (χ1v) is 7.87. The summed E-state index contributed by atoms with van der Waals surface area (Å²) in [6, 6.07) is 14.2. The number of hydrogen-bond acceptors (Lipinski definition) is 3. The Bertz CT molecular complexity index is 599. The zero-order chi connectivity index (χ0) is 15.4. The van der Waals surface area contributed by atoms with Crippen LogP contribution in [0.25, 0.3) is 0 Å². The number of halogens is 2. The van der Waals surface area contributed by atoms with E-state index in [-0.39, 0.29) is 6.04 Å². The second-order valence-electron chi connectivity index (χ2n) is 5.05. The van der Waals surface area contributed by atoms with E-state index in [1.807, 2.05) is 32.3 Å². The molecular weight excluding hydrogens is 350 g/mol. The average molecular weight is 369 g/mol. The summed E-state index contributed by atoms with van der Waals surface area (Å²) in [4.78, 5) is 2.07. The summed E-state index contributed by atoms with van der Waals surface area (Å²) in [6.07, 6.45) is 0. The van der Waals surface area contributed by atoms with Gasteiger partial charge in [0, 0.05) is 36.5 Å². The molecule has 1 unspecified atom stereocenters. The Labute approximate surface area is 139 Å². The van der Waals surface area contributed by atoms with Crippen molar-refractivity contribution >= 4 is 38.9 Å². The van der Waals surface area contributed by atoms with Crippen LogP contribution in [0.2, 0.25) is 5.02 Å². The molecule has 0 fully saturated rings. The lowest BCUT2D eigenvalue weighted by Crippen LogP contribution is -2.20. The highest BCUT2D eigenvalue weighted by Gasteiger charge is 2.10. The second kappa shape index (κ2) is 7.16. The summed E-state index contributed by atoms with van der Waals surface area (Å²) in [5.41, 5.74) is 9.18. The zero-order valence-electron chi connectivity index (χ0n) is 12.1. The van der Waals surface area contributed by atoms with Gasteiger partial charge < -0.3 is 16.0 Å². The van der Waals surface area contributed by atoms with Crippen LogP contribution in [-0.4, -0.2) is 20.6 Å². The molecule has 0 radical (unpaired) electrons. The molecule has 2 aromatic carbocycles. The van der Waals surface area contributed by atoms with Gasteiger partial charge in [0.15, 0.2) is 0 Å². The Morgan fingerprint density at radius 1 is 1.19 bits per heavy atom. The van der Waals surface area contributed by atoms with Crippen LogP contribution >= 0.6 is 27.5 Å². The predicted octanol–water partition coefficient (Wildman–Crippen LogP) is 4.28. The number of nitrogens with one attached hydrogen (secondary N) is 1. The van der Waals surface area contributed by atoms with E-state index in [1.54, 1.807) is 0 Å². The lowest BCUT2D eigenvalue weighted by molar-refractivity contribution is 0.790. The molecule has 2 rings (SSSR count). The number of nitrogens with two attached hydrogens (primary N) is 1. The van der Waals surface area contributed by atoms with Crippen LogP contribution in [0, 0.1) is 0 Å². The molecule has 5 heteroatoms. The van der Waals surface area contributed by atoms with Crippen molar-refractivity contribution in [3.63, 3.8) is 0 Å². The van der Waals surface area contributed by atoms with Gasteiger partial charge in [-0.05, 0) is 51.8 Å². The number of rotatable bonds is 5. The smallest absolute Gasteiger partial charge is 0.0636 e. The normalized spacial score (nSPS) is 12.0. The molecule has 0 heterocycles. The minimum atomic E-state index is 0.0541. The maximum absolute atomic E-state index is 6.12. The monoisotopic (exact) mass is 367 g/mol. The summed E-state index contributed by atoms with van der Waals surface area (Å²) < 4.78 is 0.884. The molecule has 2 aromatic rings. The maximum atomic E-state index is 6.12. The van der Waals surface area contributed by atoms with Crippen molar-refractivity contribution in [3.05, 3.63) is 57.5 Å². The van der Waals surface area contributed by atoms with Crippen LogP contribution in [0.15, 0.2) is 46.9 Å². The molecule has 0 aliphatic rings. The summed E-state index contributed by atoms with van der Waals surface area (Å²) in [7, 11) is 4.05. The van der Waals surface area contributed by atoms with Gasteiger partial charge in [0.1, 0.15) is 0 Å². The standard InChI is InChI=1S/C16H19BrClN3/c1-21(2)13-6-3-11(4-7-13)16(10-19)20-12-5-8-14(17)15(18)9-12/h3-9,16,20H,10,19H2,1-2H3. The van der Waals surface area contributed by atoms with Gasteiger partial charge in [-0.2, -0.15) is 0 Å². The van der Waals surface area contributed by atoms with E-state index in [9.17, 15) is 0 Å². The van der Waals surface area contributed by atoms with Crippen molar-refractivity contribution in [2.24, 2.45) is 5.73 Å². The first kappa shape index (κ1) is 16.1. The largest absolute Gasteiger partial charge is 0.378 e. The Morgan fingerprint density at radius 3 is 2.38 bits per heavy atom. The van der Waals surface area contributed by atoms with E-state index >= 15 is 0 Å². The molecular formula is C16H19BrClN3. The Balaban J connectivity index is 2.17. The third-order valence-corrected chi connectivity index (χ3v) is 4.54. The van der Waals surface area contributed by atoms with Gasteiger partial charge in [0.05, 0.1) is 11.1 Å². The lowest BCUT2D eigenvalue weighted by atomic mass is 10.1. The molecule has 112 valence electrons. The van der Waals surface area contributed by atoms with Gasteiger partial charge in [0.25, 0.3) is 0 Å². The highest BCUT2D eigenvalue weighted by atomic mass is 79.9.